The van der Waals surface area contributed by atoms with E-state index < -0.39 is 5.91 Å². The molecule has 1 aliphatic heterocycles. The van der Waals surface area contributed by atoms with Crippen LogP contribution in [0.5, 0.6) is 0 Å². The standard InChI is InChI=1S/C20H25N5O2/c21-20(27)17-4-1-16(2-5-17)3-6-19(26)25-13-11-24(12-14-25)10-7-18-15-22-8-9-23-18/h1-2,4-5,8-9,15H,3,6-7,10-14H2,(H2,21,27). The van der Waals surface area contributed by atoms with Crippen LogP contribution in [0.25, 0.3) is 0 Å². The topological polar surface area (TPSA) is 92.4 Å². The van der Waals surface area contributed by atoms with Gasteiger partial charge in [0.25, 0.3) is 0 Å². The summed E-state index contributed by atoms with van der Waals surface area (Å²) in [5, 5.41) is 0. The third-order valence-corrected chi connectivity index (χ3v) is 4.89. The maximum Gasteiger partial charge on any atom is 0.248 e. The van der Waals surface area contributed by atoms with Gasteiger partial charge in [0.2, 0.25) is 11.8 Å². The van der Waals surface area contributed by atoms with Crippen molar-refractivity contribution in [3.63, 3.8) is 0 Å². The van der Waals surface area contributed by atoms with Gasteiger partial charge in [-0.1, -0.05) is 12.1 Å². The van der Waals surface area contributed by atoms with Crippen LogP contribution in [0.4, 0.5) is 0 Å². The van der Waals surface area contributed by atoms with Gasteiger partial charge in [0, 0.05) is 69.7 Å². The van der Waals surface area contributed by atoms with Crippen LogP contribution in [-0.4, -0.2) is 64.3 Å². The molecule has 27 heavy (non-hydrogen) atoms. The first kappa shape index (κ1) is 19.0. The van der Waals surface area contributed by atoms with Gasteiger partial charge in [0.15, 0.2) is 0 Å². The van der Waals surface area contributed by atoms with Gasteiger partial charge < -0.3 is 10.6 Å². The lowest BCUT2D eigenvalue weighted by atomic mass is 10.1. The summed E-state index contributed by atoms with van der Waals surface area (Å²) in [6.45, 7) is 4.24. The average Bonchev–Trinajstić information content (AvgIpc) is 2.72. The Balaban J connectivity index is 1.38. The maximum atomic E-state index is 12.4. The largest absolute Gasteiger partial charge is 0.366 e. The Bertz CT molecular complexity index is 756. The van der Waals surface area contributed by atoms with E-state index in [1.807, 2.05) is 17.0 Å². The van der Waals surface area contributed by atoms with Crippen LogP contribution in [0.3, 0.4) is 0 Å². The third kappa shape index (κ3) is 5.59. The molecule has 1 fully saturated rings. The molecule has 0 atom stereocenters. The molecule has 2 N–H and O–H groups in total. The summed E-state index contributed by atoms with van der Waals surface area (Å²) in [6.07, 6.45) is 7.23. The molecule has 7 nitrogen and oxygen atoms in total. The van der Waals surface area contributed by atoms with Gasteiger partial charge in [-0.3, -0.25) is 24.5 Å². The first-order chi connectivity index (χ1) is 13.1. The highest BCUT2D eigenvalue weighted by Gasteiger charge is 2.20. The number of aromatic nitrogens is 2. The molecule has 7 heteroatoms. The average molecular weight is 367 g/mol. The quantitative estimate of drug-likeness (QED) is 0.785. The van der Waals surface area contributed by atoms with Gasteiger partial charge >= 0.3 is 0 Å². The Labute approximate surface area is 159 Å². The van der Waals surface area contributed by atoms with E-state index >= 15 is 0 Å². The number of piperazine rings is 1. The molecule has 0 unspecified atom stereocenters. The summed E-state index contributed by atoms with van der Waals surface area (Å²) in [7, 11) is 0. The zero-order valence-corrected chi connectivity index (χ0v) is 15.4. The van der Waals surface area contributed by atoms with Crippen molar-refractivity contribution in [3.05, 3.63) is 59.7 Å². The molecule has 1 aliphatic rings. The number of benzene rings is 1. The summed E-state index contributed by atoms with van der Waals surface area (Å²) < 4.78 is 0. The summed E-state index contributed by atoms with van der Waals surface area (Å²) in [5.41, 5.74) is 7.76. The molecular weight excluding hydrogens is 342 g/mol. The Hall–Kier alpha value is -2.80. The summed E-state index contributed by atoms with van der Waals surface area (Å²) >= 11 is 0. The Morgan fingerprint density at radius 2 is 1.74 bits per heavy atom. The van der Waals surface area contributed by atoms with Crippen molar-refractivity contribution in [2.45, 2.75) is 19.3 Å². The van der Waals surface area contributed by atoms with Crippen LogP contribution in [0.2, 0.25) is 0 Å². The van der Waals surface area contributed by atoms with E-state index in [1.165, 1.54) is 0 Å². The second-order valence-electron chi connectivity index (χ2n) is 6.73. The van der Waals surface area contributed by atoms with Gasteiger partial charge in [-0.05, 0) is 24.1 Å². The molecule has 2 amide bonds. The molecule has 142 valence electrons. The van der Waals surface area contributed by atoms with Crippen LogP contribution < -0.4 is 5.73 Å². The van der Waals surface area contributed by atoms with E-state index in [1.54, 1.807) is 30.7 Å². The molecule has 1 aromatic carbocycles. The van der Waals surface area contributed by atoms with E-state index in [4.69, 9.17) is 5.73 Å². The zero-order chi connectivity index (χ0) is 19.1. The number of hydrogen-bond donors (Lipinski definition) is 1. The lowest BCUT2D eigenvalue weighted by Gasteiger charge is -2.34. The smallest absolute Gasteiger partial charge is 0.248 e. The van der Waals surface area contributed by atoms with Crippen LogP contribution in [0, 0.1) is 0 Å². The molecule has 2 aromatic rings. The SMILES string of the molecule is NC(=O)c1ccc(CCC(=O)N2CCN(CCc3cnccn3)CC2)cc1. The van der Waals surface area contributed by atoms with Gasteiger partial charge in [-0.15, -0.1) is 0 Å². The molecule has 2 heterocycles. The second kappa shape index (κ2) is 9.23. The maximum absolute atomic E-state index is 12.4. The Morgan fingerprint density at radius 3 is 2.37 bits per heavy atom. The summed E-state index contributed by atoms with van der Waals surface area (Å²) in [5.74, 6) is -0.252. The van der Waals surface area contributed by atoms with Gasteiger partial charge in [-0.25, -0.2) is 0 Å². The van der Waals surface area contributed by atoms with Gasteiger partial charge in [0.05, 0.1) is 5.69 Å². The zero-order valence-electron chi connectivity index (χ0n) is 15.4. The molecule has 0 bridgehead atoms. The van der Waals surface area contributed by atoms with E-state index in [0.717, 1.165) is 50.4 Å². The Morgan fingerprint density at radius 1 is 1.00 bits per heavy atom. The minimum absolute atomic E-state index is 0.183. The number of carbonyl (C=O) groups is 2. The van der Waals surface area contributed by atoms with Crippen molar-refractivity contribution in [1.82, 2.24) is 19.8 Å². The number of hydrogen-bond acceptors (Lipinski definition) is 5. The molecule has 0 radical (unpaired) electrons. The van der Waals surface area contributed by atoms with Crippen molar-refractivity contribution < 1.29 is 9.59 Å². The molecule has 1 aromatic heterocycles. The number of primary amides is 1. The minimum Gasteiger partial charge on any atom is -0.366 e. The predicted octanol–water partition coefficient (Wildman–Crippen LogP) is 0.895. The van der Waals surface area contributed by atoms with Crippen molar-refractivity contribution in [1.29, 1.82) is 0 Å². The highest BCUT2D eigenvalue weighted by atomic mass is 16.2. The number of nitrogens with zero attached hydrogens (tertiary/aromatic N) is 4. The monoisotopic (exact) mass is 367 g/mol. The van der Waals surface area contributed by atoms with Crippen molar-refractivity contribution >= 4 is 11.8 Å². The third-order valence-electron chi connectivity index (χ3n) is 4.89. The number of nitrogens with two attached hydrogens (primary N) is 1. The normalized spacial score (nSPS) is 14.9. The van der Waals surface area contributed by atoms with Gasteiger partial charge in [0.1, 0.15) is 0 Å². The van der Waals surface area contributed by atoms with E-state index in [2.05, 4.69) is 14.9 Å². The molecule has 0 aliphatic carbocycles. The van der Waals surface area contributed by atoms with Crippen LogP contribution in [0.1, 0.15) is 28.0 Å². The number of carbonyl (C=O) groups excluding carboxylic acids is 2. The molecular formula is C20H25N5O2. The number of aryl methyl sites for hydroxylation is 1. The summed E-state index contributed by atoms with van der Waals surface area (Å²) in [4.78, 5) is 36.2. The van der Waals surface area contributed by atoms with Crippen LogP contribution in [0.15, 0.2) is 42.9 Å². The number of amides is 2. The van der Waals surface area contributed by atoms with Crippen molar-refractivity contribution in [3.8, 4) is 0 Å². The van der Waals surface area contributed by atoms with Gasteiger partial charge in [-0.2, -0.15) is 0 Å². The van der Waals surface area contributed by atoms with E-state index in [-0.39, 0.29) is 5.91 Å². The van der Waals surface area contributed by atoms with Crippen LogP contribution >= 0.6 is 0 Å². The van der Waals surface area contributed by atoms with Crippen LogP contribution in [-0.2, 0) is 17.6 Å². The Kier molecular flexibility index (Phi) is 6.49. The minimum atomic E-state index is -0.435. The molecule has 0 saturated carbocycles. The lowest BCUT2D eigenvalue weighted by Crippen LogP contribution is -2.49. The molecule has 0 spiro atoms. The van der Waals surface area contributed by atoms with E-state index in [0.29, 0.717) is 18.4 Å². The van der Waals surface area contributed by atoms with Crippen molar-refractivity contribution in [2.75, 3.05) is 32.7 Å². The summed E-state index contributed by atoms with van der Waals surface area (Å²) in [6, 6.07) is 7.13. The second-order valence-corrected chi connectivity index (χ2v) is 6.73. The fraction of sp³-hybridized carbons (Fsp3) is 0.400. The fourth-order valence-corrected chi connectivity index (χ4v) is 3.20. The fourth-order valence-electron chi connectivity index (χ4n) is 3.20. The first-order valence-corrected chi connectivity index (χ1v) is 9.25. The highest BCUT2D eigenvalue weighted by Crippen LogP contribution is 2.10. The van der Waals surface area contributed by atoms with E-state index in [9.17, 15) is 9.59 Å². The first-order valence-electron chi connectivity index (χ1n) is 9.25. The lowest BCUT2D eigenvalue weighted by molar-refractivity contribution is -0.132. The molecule has 1 saturated heterocycles. The number of rotatable bonds is 7. The van der Waals surface area contributed by atoms with Crippen molar-refractivity contribution in [2.24, 2.45) is 5.73 Å². The predicted molar refractivity (Wildman–Crippen MR) is 102 cm³/mol. The molecule has 3 rings (SSSR count). The highest BCUT2D eigenvalue weighted by molar-refractivity contribution is 5.92.